The average Bonchev–Trinajstić information content (AvgIpc) is 2.87. The Balaban J connectivity index is 2.10. The van der Waals surface area contributed by atoms with E-state index in [2.05, 4.69) is 11.6 Å². The van der Waals surface area contributed by atoms with Crippen molar-refractivity contribution < 1.29 is 22.4 Å². The third-order valence-corrected chi connectivity index (χ3v) is 7.70. The van der Waals surface area contributed by atoms with Crippen molar-refractivity contribution in [1.82, 2.24) is 18.9 Å². The van der Waals surface area contributed by atoms with Gasteiger partial charge in [0.2, 0.25) is 5.91 Å². The van der Waals surface area contributed by atoms with Crippen molar-refractivity contribution in [3.63, 3.8) is 0 Å². The average molecular weight is 579 g/mol. The van der Waals surface area contributed by atoms with E-state index in [4.69, 9.17) is 5.84 Å². The molecule has 1 fully saturated rings. The number of alkyl halides is 3. The summed E-state index contributed by atoms with van der Waals surface area (Å²) in [5.41, 5.74) is -1.48. The van der Waals surface area contributed by atoms with Crippen molar-refractivity contribution in [1.29, 1.82) is 0 Å². The van der Waals surface area contributed by atoms with Gasteiger partial charge in [-0.05, 0) is 62.6 Å². The number of carbonyl (C=O) groups is 1. The molecule has 40 heavy (non-hydrogen) atoms. The zero-order valence-electron chi connectivity index (χ0n) is 22.5. The molecule has 1 aliphatic rings. The van der Waals surface area contributed by atoms with Gasteiger partial charge in [0.25, 0.3) is 0 Å². The van der Waals surface area contributed by atoms with Gasteiger partial charge in [-0.2, -0.15) is 22.6 Å². The lowest BCUT2D eigenvalue weighted by molar-refractivity contribution is -0.137. The number of hydrogen-bond donors (Lipinski definition) is 1. The van der Waals surface area contributed by atoms with E-state index in [0.29, 0.717) is 0 Å². The molecule has 0 spiro atoms. The lowest BCUT2D eigenvalue weighted by Gasteiger charge is -2.44. The van der Waals surface area contributed by atoms with Gasteiger partial charge in [0.1, 0.15) is 11.6 Å². The van der Waals surface area contributed by atoms with Gasteiger partial charge in [-0.1, -0.05) is 18.7 Å². The maximum Gasteiger partial charge on any atom is 0.417 e. The van der Waals surface area contributed by atoms with Gasteiger partial charge < -0.3 is 9.80 Å². The Hall–Kier alpha value is -3.42. The van der Waals surface area contributed by atoms with E-state index in [1.807, 2.05) is 13.8 Å². The third-order valence-electron chi connectivity index (χ3n) is 6.84. The second kappa shape index (κ2) is 11.2. The summed E-state index contributed by atoms with van der Waals surface area (Å²) >= 11 is 0.833. The molecule has 8 nitrogen and oxygen atoms in total. The highest BCUT2D eigenvalue weighted by molar-refractivity contribution is 7.97. The minimum absolute atomic E-state index is 0.0885. The molecule has 0 aliphatic carbocycles. The van der Waals surface area contributed by atoms with Gasteiger partial charge in [0.15, 0.2) is 0 Å². The SMILES string of the molecule is C=CC(=O)N1C(C)CN(c2nc(=O)n(CC)c3c(SN(C)N)c(-c4ccc(F)cc4)c(C(F)(F)F)cc23)CC1C. The Kier molecular flexibility index (Phi) is 8.29. The molecule has 0 radical (unpaired) electrons. The third kappa shape index (κ3) is 5.45. The molecule has 1 amide bonds. The molecule has 2 heterocycles. The van der Waals surface area contributed by atoms with Gasteiger partial charge in [-0.25, -0.2) is 9.18 Å². The zero-order chi connectivity index (χ0) is 29.5. The van der Waals surface area contributed by atoms with Gasteiger partial charge in [-0.15, -0.1) is 0 Å². The molecule has 3 aromatic rings. The minimum Gasteiger partial charge on any atom is -0.352 e. The predicted octanol–water partition coefficient (Wildman–Crippen LogP) is 4.67. The molecule has 4 rings (SSSR count). The minimum atomic E-state index is -4.81. The molecule has 0 saturated carbocycles. The second-order valence-electron chi connectivity index (χ2n) is 9.68. The first-order valence-electron chi connectivity index (χ1n) is 12.6. The zero-order valence-corrected chi connectivity index (χ0v) is 23.3. The first-order valence-corrected chi connectivity index (χ1v) is 13.4. The quantitative estimate of drug-likeness (QED) is 0.150. The smallest absolute Gasteiger partial charge is 0.352 e. The number of nitrogens with two attached hydrogens (primary N) is 1. The summed E-state index contributed by atoms with van der Waals surface area (Å²) in [6.07, 6.45) is -3.58. The molecule has 2 unspecified atom stereocenters. The van der Waals surface area contributed by atoms with Crippen LogP contribution in [-0.2, 0) is 17.5 Å². The van der Waals surface area contributed by atoms with Gasteiger partial charge in [0.05, 0.1) is 16.0 Å². The number of benzene rings is 2. The Morgan fingerprint density at radius 2 is 1.82 bits per heavy atom. The van der Waals surface area contributed by atoms with Gasteiger partial charge in [-0.3, -0.25) is 15.2 Å². The topological polar surface area (TPSA) is 87.7 Å². The number of rotatable bonds is 6. The fourth-order valence-corrected chi connectivity index (χ4v) is 6.24. The number of aryl methyl sites for hydroxylation is 1. The Bertz CT molecular complexity index is 1490. The summed E-state index contributed by atoms with van der Waals surface area (Å²) < 4.78 is 60.3. The molecule has 2 N–H and O–H groups in total. The molecule has 214 valence electrons. The molecule has 2 atom stereocenters. The molecule has 2 aromatic carbocycles. The number of halogens is 4. The van der Waals surface area contributed by atoms with Crippen LogP contribution in [0.25, 0.3) is 22.0 Å². The highest BCUT2D eigenvalue weighted by Crippen LogP contribution is 2.47. The van der Waals surface area contributed by atoms with Crippen LogP contribution in [0.15, 0.2) is 52.7 Å². The van der Waals surface area contributed by atoms with Crippen molar-refractivity contribution in [3.8, 4) is 11.1 Å². The van der Waals surface area contributed by atoms with Crippen LogP contribution in [-0.4, -0.2) is 57.0 Å². The summed E-state index contributed by atoms with van der Waals surface area (Å²) in [5, 5.41) is 0.117. The monoisotopic (exact) mass is 578 g/mol. The van der Waals surface area contributed by atoms with Crippen molar-refractivity contribution in [2.75, 3.05) is 25.0 Å². The predicted molar refractivity (Wildman–Crippen MR) is 148 cm³/mol. The molecular weight excluding hydrogens is 548 g/mol. The standard InChI is InChI=1S/C27H30F4N6O2S/c1-6-21(38)37-15(3)13-35(14-16(37)4)25-19-12-20(27(29,30)31)22(17-8-10-18(28)11-9-17)24(40-34(5)32)23(19)36(7-2)26(39)33-25/h6,8-12,15-16H,1,7,13-14,32H2,2-5H3. The highest BCUT2D eigenvalue weighted by Gasteiger charge is 2.39. The fourth-order valence-electron chi connectivity index (χ4n) is 5.32. The van der Waals surface area contributed by atoms with Crippen LogP contribution >= 0.6 is 11.9 Å². The lowest BCUT2D eigenvalue weighted by Crippen LogP contribution is -2.58. The molecule has 13 heteroatoms. The number of hydrogen-bond acceptors (Lipinski definition) is 7. The summed E-state index contributed by atoms with van der Waals surface area (Å²) in [6.45, 7) is 9.49. The molecule has 1 saturated heterocycles. The van der Waals surface area contributed by atoms with Crippen LogP contribution in [0.2, 0.25) is 0 Å². The number of nitrogens with zero attached hydrogens (tertiary/aromatic N) is 5. The number of anilines is 1. The van der Waals surface area contributed by atoms with E-state index >= 15 is 0 Å². The van der Waals surface area contributed by atoms with E-state index in [1.165, 1.54) is 29.8 Å². The molecule has 1 aromatic heterocycles. The number of aromatic nitrogens is 2. The van der Waals surface area contributed by atoms with Crippen LogP contribution in [0.3, 0.4) is 0 Å². The number of amides is 1. The normalized spacial score (nSPS) is 18.1. The summed E-state index contributed by atoms with van der Waals surface area (Å²) in [4.78, 5) is 33.5. The Morgan fingerprint density at radius 1 is 1.23 bits per heavy atom. The number of hydrazine groups is 1. The fraction of sp³-hybridized carbons (Fsp3) is 0.370. The maximum atomic E-state index is 14.7. The molecular formula is C27H30F4N6O2S. The second-order valence-corrected chi connectivity index (χ2v) is 10.8. The Labute approximate surface area is 233 Å². The van der Waals surface area contributed by atoms with E-state index in [9.17, 15) is 27.2 Å². The van der Waals surface area contributed by atoms with E-state index in [0.717, 1.165) is 34.6 Å². The number of fused-ring (bicyclic) bond motifs is 1. The van der Waals surface area contributed by atoms with E-state index < -0.39 is 23.2 Å². The largest absolute Gasteiger partial charge is 0.417 e. The first kappa shape index (κ1) is 29.6. The Morgan fingerprint density at radius 3 is 2.33 bits per heavy atom. The summed E-state index contributed by atoms with van der Waals surface area (Å²) in [5.74, 6) is 5.18. The van der Waals surface area contributed by atoms with Crippen LogP contribution in [0.5, 0.6) is 0 Å². The number of carbonyl (C=O) groups excluding carboxylic acids is 1. The summed E-state index contributed by atoms with van der Waals surface area (Å²) in [7, 11) is 1.47. The lowest BCUT2D eigenvalue weighted by atomic mass is 9.96. The van der Waals surface area contributed by atoms with Crippen LogP contribution < -0.4 is 16.4 Å². The van der Waals surface area contributed by atoms with Crippen molar-refractivity contribution in [2.45, 2.75) is 50.5 Å². The van der Waals surface area contributed by atoms with E-state index in [-0.39, 0.29) is 70.4 Å². The van der Waals surface area contributed by atoms with Crippen LogP contribution in [0, 0.1) is 5.82 Å². The van der Waals surface area contributed by atoms with E-state index in [1.54, 1.807) is 16.7 Å². The van der Waals surface area contributed by atoms with Crippen LogP contribution in [0.1, 0.15) is 26.3 Å². The van der Waals surface area contributed by atoms with Gasteiger partial charge in [0, 0.05) is 49.7 Å². The molecule has 0 bridgehead atoms. The summed E-state index contributed by atoms with van der Waals surface area (Å²) in [6, 6.07) is 5.03. The highest BCUT2D eigenvalue weighted by atomic mass is 32.2. The maximum absolute atomic E-state index is 14.7. The van der Waals surface area contributed by atoms with Gasteiger partial charge >= 0.3 is 11.9 Å². The van der Waals surface area contributed by atoms with Crippen molar-refractivity contribution >= 4 is 34.6 Å². The first-order chi connectivity index (χ1) is 18.8. The number of piperazine rings is 1. The van der Waals surface area contributed by atoms with Crippen molar-refractivity contribution in [2.24, 2.45) is 5.84 Å². The van der Waals surface area contributed by atoms with Crippen LogP contribution in [0.4, 0.5) is 23.4 Å². The molecule has 1 aliphatic heterocycles. The van der Waals surface area contributed by atoms with Crippen molar-refractivity contribution in [3.05, 3.63) is 64.9 Å².